The monoisotopic (exact) mass is 302 g/mol. The Labute approximate surface area is 116 Å². The lowest BCUT2D eigenvalue weighted by molar-refractivity contribution is -0.176. The van der Waals surface area contributed by atoms with Crippen molar-refractivity contribution >= 4 is 5.97 Å². The van der Waals surface area contributed by atoms with Crippen molar-refractivity contribution in [3.05, 3.63) is 36.0 Å². The molecular weight excluding hydrogens is 293 g/mol. The Morgan fingerprint density at radius 3 is 2.71 bits per heavy atom. The summed E-state index contributed by atoms with van der Waals surface area (Å²) in [5.74, 6) is -1.08. The number of rotatable bonds is 5. The van der Waals surface area contributed by atoms with E-state index in [1.165, 1.54) is 29.5 Å². The summed E-state index contributed by atoms with van der Waals surface area (Å²) in [6, 6.07) is 2.59. The van der Waals surface area contributed by atoms with Gasteiger partial charge < -0.3 is 9.84 Å². The highest BCUT2D eigenvalue weighted by molar-refractivity contribution is 5.88. The largest absolute Gasteiger partial charge is 0.478 e. The number of pyridine rings is 1. The SMILES string of the molecule is O=C(O)c1ccc(-n2cncn2)nc1COCC(F)(F)F. The van der Waals surface area contributed by atoms with E-state index in [4.69, 9.17) is 5.11 Å². The number of nitrogens with zero attached hydrogens (tertiary/aromatic N) is 4. The summed E-state index contributed by atoms with van der Waals surface area (Å²) in [6.45, 7) is -2.06. The van der Waals surface area contributed by atoms with Crippen molar-refractivity contribution in [2.45, 2.75) is 12.8 Å². The molecule has 0 aliphatic carbocycles. The quantitative estimate of drug-likeness (QED) is 0.898. The zero-order valence-electron chi connectivity index (χ0n) is 10.4. The first-order valence-electron chi connectivity index (χ1n) is 5.59. The third-order valence-corrected chi connectivity index (χ3v) is 2.35. The second-order valence-corrected chi connectivity index (χ2v) is 3.92. The van der Waals surface area contributed by atoms with E-state index in [1.807, 2.05) is 0 Å². The standard InChI is InChI=1S/C11H9F3N4O3/c12-11(13,14)4-21-3-8-7(10(19)20)1-2-9(17-8)18-6-15-5-16-18/h1-2,5-6H,3-4H2,(H,19,20). The summed E-state index contributed by atoms with van der Waals surface area (Å²) >= 11 is 0. The summed E-state index contributed by atoms with van der Waals surface area (Å²) in [6.07, 6.45) is -1.93. The van der Waals surface area contributed by atoms with Crippen LogP contribution in [0.5, 0.6) is 0 Å². The van der Waals surface area contributed by atoms with Gasteiger partial charge >= 0.3 is 12.1 Å². The molecular formula is C11H9F3N4O3. The zero-order chi connectivity index (χ0) is 15.5. The van der Waals surface area contributed by atoms with Crippen LogP contribution in [-0.2, 0) is 11.3 Å². The van der Waals surface area contributed by atoms with E-state index in [-0.39, 0.29) is 17.1 Å². The summed E-state index contributed by atoms with van der Waals surface area (Å²) in [4.78, 5) is 18.7. The van der Waals surface area contributed by atoms with Crippen molar-refractivity contribution < 1.29 is 27.8 Å². The lowest BCUT2D eigenvalue weighted by atomic mass is 10.2. The molecule has 0 spiro atoms. The van der Waals surface area contributed by atoms with Gasteiger partial charge in [0, 0.05) is 0 Å². The van der Waals surface area contributed by atoms with Crippen LogP contribution in [0.3, 0.4) is 0 Å². The maximum absolute atomic E-state index is 12.0. The second kappa shape index (κ2) is 5.87. The highest BCUT2D eigenvalue weighted by Gasteiger charge is 2.27. The number of carboxylic acids is 1. The first-order chi connectivity index (χ1) is 9.87. The first-order valence-corrected chi connectivity index (χ1v) is 5.59. The van der Waals surface area contributed by atoms with Gasteiger partial charge in [0.2, 0.25) is 0 Å². The van der Waals surface area contributed by atoms with Gasteiger partial charge in [-0.1, -0.05) is 0 Å². The number of alkyl halides is 3. The van der Waals surface area contributed by atoms with E-state index in [0.717, 1.165) is 0 Å². The second-order valence-electron chi connectivity index (χ2n) is 3.92. The van der Waals surface area contributed by atoms with Crippen molar-refractivity contribution in [3.63, 3.8) is 0 Å². The van der Waals surface area contributed by atoms with E-state index in [9.17, 15) is 18.0 Å². The average molecular weight is 302 g/mol. The Bertz CT molecular complexity index is 628. The van der Waals surface area contributed by atoms with Gasteiger partial charge in [0.15, 0.2) is 5.82 Å². The van der Waals surface area contributed by atoms with Crippen LogP contribution in [-0.4, -0.2) is 43.6 Å². The molecule has 0 amide bonds. The van der Waals surface area contributed by atoms with Crippen LogP contribution in [0.1, 0.15) is 16.1 Å². The summed E-state index contributed by atoms with van der Waals surface area (Å²) < 4.78 is 41.8. The van der Waals surface area contributed by atoms with E-state index >= 15 is 0 Å². The van der Waals surface area contributed by atoms with Gasteiger partial charge in [-0.25, -0.2) is 19.4 Å². The van der Waals surface area contributed by atoms with E-state index in [1.54, 1.807) is 0 Å². The smallest absolute Gasteiger partial charge is 0.411 e. The third kappa shape index (κ3) is 3.99. The molecule has 112 valence electrons. The van der Waals surface area contributed by atoms with Gasteiger partial charge in [-0.2, -0.15) is 18.3 Å². The molecule has 0 bridgehead atoms. The fraction of sp³-hybridized carbons (Fsp3) is 0.273. The fourth-order valence-corrected chi connectivity index (χ4v) is 1.51. The number of carboxylic acid groups (broad SMARTS) is 1. The lowest BCUT2D eigenvalue weighted by Gasteiger charge is -2.10. The van der Waals surface area contributed by atoms with Crippen molar-refractivity contribution in [1.29, 1.82) is 0 Å². The molecule has 0 aliphatic rings. The summed E-state index contributed by atoms with van der Waals surface area (Å²) in [5.41, 5.74) is -0.360. The van der Waals surface area contributed by atoms with Crippen molar-refractivity contribution in [3.8, 4) is 5.82 Å². The van der Waals surface area contributed by atoms with E-state index in [2.05, 4.69) is 19.8 Å². The number of aromatic carboxylic acids is 1. The van der Waals surface area contributed by atoms with Crippen LogP contribution >= 0.6 is 0 Å². The predicted molar refractivity (Wildman–Crippen MR) is 61.8 cm³/mol. The molecule has 0 radical (unpaired) electrons. The number of hydrogen-bond acceptors (Lipinski definition) is 5. The normalized spacial score (nSPS) is 11.6. The Balaban J connectivity index is 2.23. The molecule has 0 atom stereocenters. The van der Waals surface area contributed by atoms with Crippen LogP contribution in [0.25, 0.3) is 5.82 Å². The van der Waals surface area contributed by atoms with Crippen LogP contribution < -0.4 is 0 Å². The molecule has 21 heavy (non-hydrogen) atoms. The molecule has 2 heterocycles. The molecule has 0 fully saturated rings. The van der Waals surface area contributed by atoms with Gasteiger partial charge in [0.05, 0.1) is 17.9 Å². The average Bonchev–Trinajstić information content (AvgIpc) is 2.90. The first kappa shape index (κ1) is 14.9. The topological polar surface area (TPSA) is 90.1 Å². The van der Waals surface area contributed by atoms with Gasteiger partial charge in [-0.15, -0.1) is 0 Å². The minimum Gasteiger partial charge on any atom is -0.478 e. The maximum Gasteiger partial charge on any atom is 0.411 e. The Kier molecular flexibility index (Phi) is 4.17. The van der Waals surface area contributed by atoms with Crippen molar-refractivity contribution in [1.82, 2.24) is 19.7 Å². The van der Waals surface area contributed by atoms with Crippen molar-refractivity contribution in [2.75, 3.05) is 6.61 Å². The summed E-state index contributed by atoms with van der Waals surface area (Å²) in [7, 11) is 0. The molecule has 0 aromatic carbocycles. The number of hydrogen-bond donors (Lipinski definition) is 1. The summed E-state index contributed by atoms with van der Waals surface area (Å²) in [5, 5.41) is 12.8. The van der Waals surface area contributed by atoms with Gasteiger partial charge in [0.25, 0.3) is 0 Å². The molecule has 7 nitrogen and oxygen atoms in total. The molecule has 0 aliphatic heterocycles. The van der Waals surface area contributed by atoms with Gasteiger partial charge in [0.1, 0.15) is 19.3 Å². The van der Waals surface area contributed by atoms with Crippen LogP contribution in [0.2, 0.25) is 0 Å². The van der Waals surface area contributed by atoms with Gasteiger partial charge in [-0.05, 0) is 12.1 Å². The van der Waals surface area contributed by atoms with E-state index in [0.29, 0.717) is 0 Å². The predicted octanol–water partition coefficient (Wildman–Crippen LogP) is 1.44. The Morgan fingerprint density at radius 1 is 1.38 bits per heavy atom. The Morgan fingerprint density at radius 2 is 2.14 bits per heavy atom. The molecule has 2 aromatic rings. The Hall–Kier alpha value is -2.49. The van der Waals surface area contributed by atoms with Crippen LogP contribution in [0, 0.1) is 0 Å². The molecule has 1 N–H and O–H groups in total. The highest BCUT2D eigenvalue weighted by Crippen LogP contribution is 2.17. The molecule has 2 aromatic heterocycles. The van der Waals surface area contributed by atoms with Crippen LogP contribution in [0.4, 0.5) is 13.2 Å². The minimum absolute atomic E-state index is 0.125. The molecule has 0 saturated carbocycles. The van der Waals surface area contributed by atoms with Gasteiger partial charge in [-0.3, -0.25) is 0 Å². The van der Waals surface area contributed by atoms with E-state index < -0.39 is 25.4 Å². The lowest BCUT2D eigenvalue weighted by Crippen LogP contribution is -2.18. The fourth-order valence-electron chi connectivity index (χ4n) is 1.51. The van der Waals surface area contributed by atoms with Crippen molar-refractivity contribution in [2.24, 2.45) is 0 Å². The zero-order valence-corrected chi connectivity index (χ0v) is 10.4. The molecule has 10 heteroatoms. The third-order valence-electron chi connectivity index (χ3n) is 2.35. The molecule has 0 saturated heterocycles. The number of aromatic nitrogens is 4. The number of halogens is 3. The van der Waals surface area contributed by atoms with Crippen LogP contribution in [0.15, 0.2) is 24.8 Å². The highest BCUT2D eigenvalue weighted by atomic mass is 19.4. The number of ether oxygens (including phenoxy) is 1. The molecule has 0 unspecified atom stereocenters. The minimum atomic E-state index is -4.49. The number of carbonyl (C=O) groups is 1. The maximum atomic E-state index is 12.0. The molecule has 2 rings (SSSR count).